The Morgan fingerprint density at radius 1 is 1.19 bits per heavy atom. The van der Waals surface area contributed by atoms with Gasteiger partial charge in [0.25, 0.3) is 0 Å². The van der Waals surface area contributed by atoms with Crippen LogP contribution in [0.2, 0.25) is 0 Å². The molecule has 0 radical (unpaired) electrons. The van der Waals surface area contributed by atoms with E-state index in [0.717, 1.165) is 11.4 Å². The summed E-state index contributed by atoms with van der Waals surface area (Å²) in [7, 11) is 0. The molecule has 0 aliphatic rings. The number of nitrogens with two attached hydrogens (primary N) is 1. The molecule has 1 aromatic carbocycles. The lowest BCUT2D eigenvalue weighted by molar-refractivity contribution is 0.552. The Labute approximate surface area is 95.1 Å². The molecule has 0 aliphatic carbocycles. The molecule has 16 heavy (non-hydrogen) atoms. The summed E-state index contributed by atoms with van der Waals surface area (Å²) in [5.74, 6) is 0.807. The van der Waals surface area contributed by atoms with Crippen molar-refractivity contribution < 1.29 is 0 Å². The second kappa shape index (κ2) is 4.45. The highest BCUT2D eigenvalue weighted by molar-refractivity contribution is 5.24. The first kappa shape index (κ1) is 10.8. The van der Waals surface area contributed by atoms with Gasteiger partial charge in [-0.15, -0.1) is 10.2 Å². The number of aromatic nitrogens is 3. The molecule has 1 heterocycles. The molecule has 4 heteroatoms. The number of nitrogens with zero attached hydrogens (tertiary/aromatic N) is 3. The highest BCUT2D eigenvalue weighted by Gasteiger charge is 2.16. The van der Waals surface area contributed by atoms with Gasteiger partial charge in [0.1, 0.15) is 6.33 Å². The van der Waals surface area contributed by atoms with E-state index in [0.29, 0.717) is 6.04 Å². The third-order valence-electron chi connectivity index (χ3n) is 2.59. The van der Waals surface area contributed by atoms with Crippen LogP contribution in [0.3, 0.4) is 0 Å². The fourth-order valence-corrected chi connectivity index (χ4v) is 1.68. The molecule has 0 aliphatic heterocycles. The number of hydrogen-bond acceptors (Lipinski definition) is 3. The predicted octanol–water partition coefficient (Wildman–Crippen LogP) is 1.91. The van der Waals surface area contributed by atoms with Crippen molar-refractivity contribution in [3.05, 3.63) is 48.0 Å². The molecule has 0 amide bonds. The maximum absolute atomic E-state index is 6.18. The monoisotopic (exact) mass is 216 g/mol. The number of rotatable bonds is 3. The first-order chi connectivity index (χ1) is 7.70. The second-order valence-corrected chi connectivity index (χ2v) is 4.08. The lowest BCUT2D eigenvalue weighted by Crippen LogP contribution is -2.18. The zero-order valence-corrected chi connectivity index (χ0v) is 9.54. The smallest absolute Gasteiger partial charge is 0.154 e. The van der Waals surface area contributed by atoms with Crippen LogP contribution in [0.4, 0.5) is 0 Å². The summed E-state index contributed by atoms with van der Waals surface area (Å²) in [6.07, 6.45) is 1.72. The summed E-state index contributed by atoms with van der Waals surface area (Å²) in [6, 6.07) is 10.0. The second-order valence-electron chi connectivity index (χ2n) is 4.08. The van der Waals surface area contributed by atoms with Crippen LogP contribution < -0.4 is 5.73 Å². The van der Waals surface area contributed by atoms with Gasteiger partial charge in [0.05, 0.1) is 6.04 Å². The molecule has 0 spiro atoms. The number of hydrogen-bond donors (Lipinski definition) is 1. The van der Waals surface area contributed by atoms with Crippen molar-refractivity contribution in [2.24, 2.45) is 5.73 Å². The molecule has 1 atom stereocenters. The van der Waals surface area contributed by atoms with Crippen molar-refractivity contribution in [3.63, 3.8) is 0 Å². The van der Waals surface area contributed by atoms with E-state index < -0.39 is 0 Å². The van der Waals surface area contributed by atoms with Gasteiger partial charge < -0.3 is 10.3 Å². The molecular weight excluding hydrogens is 200 g/mol. The molecule has 4 nitrogen and oxygen atoms in total. The zero-order valence-electron chi connectivity index (χ0n) is 9.54. The van der Waals surface area contributed by atoms with E-state index in [-0.39, 0.29) is 6.04 Å². The van der Waals surface area contributed by atoms with Crippen molar-refractivity contribution in [1.82, 2.24) is 14.8 Å². The maximum atomic E-state index is 6.18. The van der Waals surface area contributed by atoms with Crippen LogP contribution in [-0.4, -0.2) is 14.8 Å². The molecular formula is C12H16N4. The maximum Gasteiger partial charge on any atom is 0.154 e. The van der Waals surface area contributed by atoms with Crippen molar-refractivity contribution in [1.29, 1.82) is 0 Å². The SMILES string of the molecule is CC(C)n1cnnc1[C@@H](N)c1ccccc1. The average molecular weight is 216 g/mol. The van der Waals surface area contributed by atoms with Crippen molar-refractivity contribution in [2.45, 2.75) is 25.9 Å². The first-order valence-electron chi connectivity index (χ1n) is 5.40. The Balaban J connectivity index is 2.34. The molecule has 0 saturated carbocycles. The summed E-state index contributed by atoms with van der Waals surface area (Å²) in [5, 5.41) is 8.02. The van der Waals surface area contributed by atoms with E-state index >= 15 is 0 Å². The Morgan fingerprint density at radius 3 is 2.50 bits per heavy atom. The minimum absolute atomic E-state index is 0.217. The van der Waals surface area contributed by atoms with Crippen LogP contribution >= 0.6 is 0 Å². The van der Waals surface area contributed by atoms with Crippen molar-refractivity contribution in [3.8, 4) is 0 Å². The normalized spacial score (nSPS) is 13.0. The van der Waals surface area contributed by atoms with E-state index in [1.54, 1.807) is 6.33 Å². The van der Waals surface area contributed by atoms with Crippen LogP contribution in [0.15, 0.2) is 36.7 Å². The largest absolute Gasteiger partial charge is 0.318 e. The Morgan fingerprint density at radius 2 is 1.88 bits per heavy atom. The van der Waals surface area contributed by atoms with E-state index in [9.17, 15) is 0 Å². The van der Waals surface area contributed by atoms with Crippen LogP contribution in [0.25, 0.3) is 0 Å². The summed E-state index contributed by atoms with van der Waals surface area (Å²) in [4.78, 5) is 0. The van der Waals surface area contributed by atoms with Gasteiger partial charge in [-0.25, -0.2) is 0 Å². The summed E-state index contributed by atoms with van der Waals surface area (Å²) in [6.45, 7) is 4.18. The molecule has 2 aromatic rings. The zero-order chi connectivity index (χ0) is 11.5. The van der Waals surface area contributed by atoms with Gasteiger partial charge in [-0.05, 0) is 19.4 Å². The summed E-state index contributed by atoms with van der Waals surface area (Å²) >= 11 is 0. The van der Waals surface area contributed by atoms with Gasteiger partial charge in [0.2, 0.25) is 0 Å². The van der Waals surface area contributed by atoms with E-state index in [1.807, 2.05) is 34.9 Å². The minimum Gasteiger partial charge on any atom is -0.318 e. The molecule has 0 unspecified atom stereocenters. The molecule has 0 bridgehead atoms. The Kier molecular flexibility index (Phi) is 3.01. The topological polar surface area (TPSA) is 56.7 Å². The molecule has 2 N–H and O–H groups in total. The quantitative estimate of drug-likeness (QED) is 0.852. The van der Waals surface area contributed by atoms with Gasteiger partial charge in [-0.1, -0.05) is 30.3 Å². The third-order valence-corrected chi connectivity index (χ3v) is 2.59. The van der Waals surface area contributed by atoms with E-state index in [1.165, 1.54) is 0 Å². The van der Waals surface area contributed by atoms with Crippen LogP contribution in [0.1, 0.15) is 37.3 Å². The fraction of sp³-hybridized carbons (Fsp3) is 0.333. The molecule has 84 valence electrons. The lowest BCUT2D eigenvalue weighted by Gasteiger charge is -2.15. The molecule has 0 saturated heterocycles. The van der Waals surface area contributed by atoms with Gasteiger partial charge in [0.15, 0.2) is 5.82 Å². The van der Waals surface area contributed by atoms with Crippen molar-refractivity contribution >= 4 is 0 Å². The van der Waals surface area contributed by atoms with Crippen LogP contribution in [0.5, 0.6) is 0 Å². The van der Waals surface area contributed by atoms with Gasteiger partial charge in [0, 0.05) is 6.04 Å². The van der Waals surface area contributed by atoms with Crippen LogP contribution in [-0.2, 0) is 0 Å². The highest BCUT2D eigenvalue weighted by Crippen LogP contribution is 2.19. The number of benzene rings is 1. The molecule has 1 aromatic heterocycles. The summed E-state index contributed by atoms with van der Waals surface area (Å²) in [5.41, 5.74) is 7.23. The van der Waals surface area contributed by atoms with E-state index in [4.69, 9.17) is 5.73 Å². The highest BCUT2D eigenvalue weighted by atomic mass is 15.3. The van der Waals surface area contributed by atoms with E-state index in [2.05, 4.69) is 24.0 Å². The average Bonchev–Trinajstić information content (AvgIpc) is 2.78. The first-order valence-corrected chi connectivity index (χ1v) is 5.40. The van der Waals surface area contributed by atoms with Crippen LogP contribution in [0, 0.1) is 0 Å². The third kappa shape index (κ3) is 1.97. The lowest BCUT2D eigenvalue weighted by atomic mass is 10.1. The van der Waals surface area contributed by atoms with Gasteiger partial charge in [-0.2, -0.15) is 0 Å². The van der Waals surface area contributed by atoms with Gasteiger partial charge >= 0.3 is 0 Å². The molecule has 2 rings (SSSR count). The molecule has 0 fully saturated rings. The summed E-state index contributed by atoms with van der Waals surface area (Å²) < 4.78 is 2.00. The fourth-order valence-electron chi connectivity index (χ4n) is 1.68. The Hall–Kier alpha value is -1.68. The minimum atomic E-state index is -0.217. The standard InChI is InChI=1S/C12H16N4/c1-9(2)16-8-14-15-12(16)11(13)10-6-4-3-5-7-10/h3-9,11H,13H2,1-2H3/t11-/m0/s1. The predicted molar refractivity (Wildman–Crippen MR) is 62.9 cm³/mol. The van der Waals surface area contributed by atoms with Crippen molar-refractivity contribution in [2.75, 3.05) is 0 Å². The van der Waals surface area contributed by atoms with Gasteiger partial charge in [-0.3, -0.25) is 0 Å². The Bertz CT molecular complexity index is 447.